The first kappa shape index (κ1) is 35.8. The lowest BCUT2D eigenvalue weighted by Gasteiger charge is -2.26. The van der Waals surface area contributed by atoms with Crippen LogP contribution < -0.4 is 31.3 Å². The minimum absolute atomic E-state index is 0.00993. The van der Waals surface area contributed by atoms with Gasteiger partial charge in [-0.2, -0.15) is 28.1 Å². The van der Waals surface area contributed by atoms with Gasteiger partial charge < -0.3 is 31.3 Å². The third-order valence-corrected chi connectivity index (χ3v) is 7.56. The van der Waals surface area contributed by atoms with Gasteiger partial charge in [0.15, 0.2) is 6.61 Å². The largest absolute Gasteiger partial charge is 0.454 e. The maximum absolute atomic E-state index is 13.4. The van der Waals surface area contributed by atoms with Crippen LogP contribution >= 0.6 is 11.6 Å². The molecule has 0 bridgehead atoms. The van der Waals surface area contributed by atoms with Crippen molar-refractivity contribution in [2.75, 3.05) is 29.1 Å². The second kappa shape index (κ2) is 14.5. The van der Waals surface area contributed by atoms with Gasteiger partial charge in [-0.3, -0.25) is 14.4 Å². The van der Waals surface area contributed by atoms with Gasteiger partial charge in [-0.05, 0) is 86.8 Å². The van der Waals surface area contributed by atoms with Gasteiger partial charge in [-0.15, -0.1) is 0 Å². The van der Waals surface area contributed by atoms with E-state index in [4.69, 9.17) is 16.3 Å². The molecule has 0 radical (unpaired) electrons. The molecule has 1 aliphatic rings. The van der Waals surface area contributed by atoms with Crippen LogP contribution in [0.2, 0.25) is 5.02 Å². The average Bonchev–Trinajstić information content (AvgIpc) is 3.83. The molecule has 50 heavy (non-hydrogen) atoms. The van der Waals surface area contributed by atoms with Crippen LogP contribution in [0.25, 0.3) is 0 Å². The van der Waals surface area contributed by atoms with E-state index in [1.54, 1.807) is 26.0 Å². The van der Waals surface area contributed by atoms with Gasteiger partial charge in [-0.1, -0.05) is 29.8 Å². The first-order valence-electron chi connectivity index (χ1n) is 15.1. The monoisotopic (exact) mass is 714 g/mol. The number of amides is 3. The molecule has 1 heterocycles. The molecule has 1 aromatic heterocycles. The molecule has 0 atom stereocenters. The molecule has 17 heteroatoms. The van der Waals surface area contributed by atoms with Crippen LogP contribution in [0.1, 0.15) is 42.6 Å². The SMILES string of the molecule is CC(C)(CNC(=O)c1ccc(Nc2nc(NC3(c4ccc(Cl)cc4)CC3)nc(OCC(F)(F)F)n2)cc1)NC(=O)C(=O)Nc1cccc(F)c1. The van der Waals surface area contributed by atoms with Crippen molar-refractivity contribution in [3.63, 3.8) is 0 Å². The Hall–Kier alpha value is -5.51. The van der Waals surface area contributed by atoms with Crippen molar-refractivity contribution in [2.24, 2.45) is 0 Å². The van der Waals surface area contributed by atoms with Gasteiger partial charge in [0.05, 0.1) is 11.1 Å². The summed E-state index contributed by atoms with van der Waals surface area (Å²) in [7, 11) is 0. The molecule has 262 valence electrons. The Morgan fingerprint density at radius 3 is 2.20 bits per heavy atom. The zero-order chi connectivity index (χ0) is 36.1. The number of aromatic nitrogens is 3. The van der Waals surface area contributed by atoms with Crippen LogP contribution in [0.15, 0.2) is 72.8 Å². The summed E-state index contributed by atoms with van der Waals surface area (Å²) in [6.07, 6.45) is -3.17. The van der Waals surface area contributed by atoms with E-state index in [0.29, 0.717) is 10.7 Å². The van der Waals surface area contributed by atoms with Crippen molar-refractivity contribution in [2.45, 2.75) is 43.9 Å². The van der Waals surface area contributed by atoms with Crippen LogP contribution in [0.3, 0.4) is 0 Å². The number of hydrogen-bond donors (Lipinski definition) is 5. The fourth-order valence-corrected chi connectivity index (χ4v) is 4.80. The third kappa shape index (κ3) is 10.0. The van der Waals surface area contributed by atoms with Crippen LogP contribution in [-0.4, -0.2) is 57.5 Å². The Labute approximate surface area is 288 Å². The predicted molar refractivity (Wildman–Crippen MR) is 177 cm³/mol. The average molecular weight is 715 g/mol. The van der Waals surface area contributed by atoms with E-state index in [1.165, 1.54) is 42.5 Å². The zero-order valence-corrected chi connectivity index (χ0v) is 27.4. The third-order valence-electron chi connectivity index (χ3n) is 7.31. The quantitative estimate of drug-likeness (QED) is 0.0915. The molecule has 1 aliphatic carbocycles. The molecule has 1 fully saturated rings. The van der Waals surface area contributed by atoms with Crippen molar-refractivity contribution in [1.82, 2.24) is 25.6 Å². The smallest absolute Gasteiger partial charge is 0.422 e. The Morgan fingerprint density at radius 1 is 0.880 bits per heavy atom. The van der Waals surface area contributed by atoms with Crippen LogP contribution in [0.4, 0.5) is 40.8 Å². The number of carbonyl (C=O) groups excluding carboxylic acids is 3. The Kier molecular flexibility index (Phi) is 10.4. The predicted octanol–water partition coefficient (Wildman–Crippen LogP) is 5.71. The molecule has 3 aromatic carbocycles. The fourth-order valence-electron chi connectivity index (χ4n) is 4.67. The minimum Gasteiger partial charge on any atom is -0.454 e. The molecule has 0 unspecified atom stereocenters. The summed E-state index contributed by atoms with van der Waals surface area (Å²) in [5.74, 6) is -3.18. The molecule has 0 saturated heterocycles. The van der Waals surface area contributed by atoms with Crippen LogP contribution in [0.5, 0.6) is 6.01 Å². The topological polar surface area (TPSA) is 159 Å². The number of carbonyl (C=O) groups is 3. The van der Waals surface area contributed by atoms with E-state index in [1.807, 2.05) is 12.1 Å². The number of alkyl halides is 3. The first-order chi connectivity index (χ1) is 23.6. The summed E-state index contributed by atoms with van der Waals surface area (Å²) in [6, 6.07) is 17.7. The lowest BCUT2D eigenvalue weighted by molar-refractivity contribution is -0.154. The van der Waals surface area contributed by atoms with E-state index in [2.05, 4.69) is 41.5 Å². The van der Waals surface area contributed by atoms with Crippen molar-refractivity contribution < 1.29 is 36.7 Å². The molecule has 5 N–H and O–H groups in total. The highest BCUT2D eigenvalue weighted by Crippen LogP contribution is 2.48. The normalized spacial score (nSPS) is 13.5. The van der Waals surface area contributed by atoms with Crippen molar-refractivity contribution in [3.05, 3.63) is 94.8 Å². The van der Waals surface area contributed by atoms with E-state index in [-0.39, 0.29) is 29.7 Å². The molecule has 12 nitrogen and oxygen atoms in total. The number of nitrogens with one attached hydrogen (secondary N) is 5. The van der Waals surface area contributed by atoms with E-state index >= 15 is 0 Å². The number of rotatable bonds is 12. The molecular formula is C33H31ClF4N8O4. The van der Waals surface area contributed by atoms with Gasteiger partial charge in [0.2, 0.25) is 11.9 Å². The Morgan fingerprint density at radius 2 is 1.56 bits per heavy atom. The van der Waals surface area contributed by atoms with Gasteiger partial charge in [0.1, 0.15) is 5.82 Å². The summed E-state index contributed by atoms with van der Waals surface area (Å²) >= 11 is 6.02. The minimum atomic E-state index is -4.62. The van der Waals surface area contributed by atoms with Crippen molar-refractivity contribution >= 4 is 52.6 Å². The van der Waals surface area contributed by atoms with E-state index in [9.17, 15) is 31.9 Å². The number of nitrogens with zero attached hydrogens (tertiary/aromatic N) is 3. The fraction of sp³-hybridized carbons (Fsp3) is 0.273. The lowest BCUT2D eigenvalue weighted by Crippen LogP contribution is -2.54. The molecule has 5 rings (SSSR count). The van der Waals surface area contributed by atoms with Crippen LogP contribution in [0, 0.1) is 5.82 Å². The molecule has 0 aliphatic heterocycles. The van der Waals surface area contributed by atoms with Gasteiger partial charge >= 0.3 is 24.0 Å². The summed E-state index contributed by atoms with van der Waals surface area (Å²) in [5, 5.41) is 14.1. The van der Waals surface area contributed by atoms with Gasteiger partial charge in [0.25, 0.3) is 5.91 Å². The number of anilines is 4. The van der Waals surface area contributed by atoms with Gasteiger partial charge in [-0.25, -0.2) is 4.39 Å². The first-order valence-corrected chi connectivity index (χ1v) is 15.5. The van der Waals surface area contributed by atoms with Crippen LogP contribution in [-0.2, 0) is 15.1 Å². The Balaban J connectivity index is 1.20. The zero-order valence-electron chi connectivity index (χ0n) is 26.6. The van der Waals surface area contributed by atoms with Crippen molar-refractivity contribution in [3.8, 4) is 6.01 Å². The maximum atomic E-state index is 13.4. The summed E-state index contributed by atoms with van der Waals surface area (Å²) in [4.78, 5) is 49.8. The highest BCUT2D eigenvalue weighted by Gasteiger charge is 2.45. The summed E-state index contributed by atoms with van der Waals surface area (Å²) in [6.45, 7) is 1.53. The van der Waals surface area contributed by atoms with E-state index in [0.717, 1.165) is 24.5 Å². The molecule has 4 aromatic rings. The Bertz CT molecular complexity index is 1870. The van der Waals surface area contributed by atoms with Gasteiger partial charge in [0, 0.05) is 28.5 Å². The highest BCUT2D eigenvalue weighted by molar-refractivity contribution is 6.39. The van der Waals surface area contributed by atoms with E-state index < -0.39 is 53.4 Å². The highest BCUT2D eigenvalue weighted by atomic mass is 35.5. The summed E-state index contributed by atoms with van der Waals surface area (Å²) in [5.41, 5.74) is 0.0739. The maximum Gasteiger partial charge on any atom is 0.422 e. The number of halogens is 5. The number of benzene rings is 3. The number of ether oxygens (including phenoxy) is 1. The lowest BCUT2D eigenvalue weighted by atomic mass is 10.1. The van der Waals surface area contributed by atoms with Crippen molar-refractivity contribution in [1.29, 1.82) is 0 Å². The molecule has 3 amide bonds. The second-order valence-corrected chi connectivity index (χ2v) is 12.5. The standard InChI is InChI=1S/C33H31ClF4N8O4/c1-31(2,45-27(49)26(48)40-24-5-3-4-22(35)16-24)17-39-25(47)19-6-12-23(13-7-19)41-28-42-29(44-30(43-28)50-18-33(36,37)38)46-32(14-15-32)20-8-10-21(34)11-9-20/h3-13,16H,14-15,17-18H2,1-2H3,(H,39,47)(H,40,48)(H,45,49)(H2,41,42,43,44,46). The summed E-state index contributed by atoms with van der Waals surface area (Å²) < 4.78 is 56.9. The molecule has 0 spiro atoms. The molecule has 1 saturated carbocycles. The number of hydrogen-bond acceptors (Lipinski definition) is 9. The molecular weight excluding hydrogens is 684 g/mol. The second-order valence-electron chi connectivity index (χ2n) is 12.1.